The molecule has 0 unspecified atom stereocenters. The van der Waals surface area contributed by atoms with Crippen LogP contribution in [0.3, 0.4) is 0 Å². The minimum absolute atomic E-state index is 0.100. The van der Waals surface area contributed by atoms with E-state index in [2.05, 4.69) is 10.6 Å². The predicted molar refractivity (Wildman–Crippen MR) is 78.1 cm³/mol. The zero-order chi connectivity index (χ0) is 14.5. The summed E-state index contributed by atoms with van der Waals surface area (Å²) in [5.41, 5.74) is 2.31. The molecule has 20 heavy (non-hydrogen) atoms. The quantitative estimate of drug-likeness (QED) is 0.870. The highest BCUT2D eigenvalue weighted by Crippen LogP contribution is 2.16. The molecule has 0 fully saturated rings. The van der Waals surface area contributed by atoms with Crippen molar-refractivity contribution in [1.82, 2.24) is 5.32 Å². The lowest BCUT2D eigenvalue weighted by Gasteiger charge is -2.15. The molecule has 0 spiro atoms. The molecule has 2 rings (SSSR count). The summed E-state index contributed by atoms with van der Waals surface area (Å²) in [6.45, 7) is 3.66. The molecule has 1 atom stereocenters. The van der Waals surface area contributed by atoms with Crippen molar-refractivity contribution in [2.75, 3.05) is 5.32 Å². The second-order valence-corrected chi connectivity index (χ2v) is 4.69. The van der Waals surface area contributed by atoms with Crippen LogP contribution in [0.4, 0.5) is 14.9 Å². The van der Waals surface area contributed by atoms with Crippen molar-refractivity contribution in [2.45, 2.75) is 19.9 Å². The largest absolute Gasteiger partial charge is 0.331 e. The summed E-state index contributed by atoms with van der Waals surface area (Å²) in [6, 6.07) is 13.5. The fraction of sp³-hybridized carbons (Fsp3) is 0.188. The second kappa shape index (κ2) is 6.19. The van der Waals surface area contributed by atoms with Crippen LogP contribution < -0.4 is 10.6 Å². The first-order valence-electron chi connectivity index (χ1n) is 6.45. The molecule has 4 heteroatoms. The summed E-state index contributed by atoms with van der Waals surface area (Å²) in [5.74, 6) is -0.314. The van der Waals surface area contributed by atoms with E-state index < -0.39 is 0 Å². The highest BCUT2D eigenvalue weighted by molar-refractivity contribution is 5.90. The number of halogens is 1. The number of hydrogen-bond acceptors (Lipinski definition) is 1. The molecule has 0 saturated carbocycles. The molecule has 0 aliphatic carbocycles. The van der Waals surface area contributed by atoms with Gasteiger partial charge in [0.1, 0.15) is 5.82 Å². The monoisotopic (exact) mass is 272 g/mol. The van der Waals surface area contributed by atoms with E-state index in [0.717, 1.165) is 5.56 Å². The molecule has 2 amide bonds. The van der Waals surface area contributed by atoms with Crippen molar-refractivity contribution in [2.24, 2.45) is 0 Å². The Labute approximate surface area is 117 Å². The number of benzene rings is 2. The van der Waals surface area contributed by atoms with Gasteiger partial charge < -0.3 is 10.6 Å². The molecule has 2 aromatic carbocycles. The third-order valence-electron chi connectivity index (χ3n) is 3.08. The number of aryl methyl sites for hydroxylation is 1. The topological polar surface area (TPSA) is 41.1 Å². The molecule has 0 aromatic heterocycles. The zero-order valence-electron chi connectivity index (χ0n) is 11.5. The molecular weight excluding hydrogens is 255 g/mol. The number of nitrogens with one attached hydrogen (secondary N) is 2. The summed E-state index contributed by atoms with van der Waals surface area (Å²) in [6.07, 6.45) is 0. The highest BCUT2D eigenvalue weighted by atomic mass is 19.1. The average molecular weight is 272 g/mol. The van der Waals surface area contributed by atoms with Crippen LogP contribution in [-0.2, 0) is 0 Å². The first kappa shape index (κ1) is 14.1. The lowest BCUT2D eigenvalue weighted by molar-refractivity contribution is 0.249. The first-order chi connectivity index (χ1) is 9.56. The summed E-state index contributed by atoms with van der Waals surface area (Å²) >= 11 is 0. The SMILES string of the molecule is Cc1cc(F)ccc1NC(=O)N[C@@H](C)c1ccccc1. The summed E-state index contributed by atoms with van der Waals surface area (Å²) in [5, 5.41) is 5.56. The van der Waals surface area contributed by atoms with Crippen LogP contribution in [0.2, 0.25) is 0 Å². The number of amides is 2. The van der Waals surface area contributed by atoms with Gasteiger partial charge in [0, 0.05) is 5.69 Å². The van der Waals surface area contributed by atoms with Gasteiger partial charge in [0.25, 0.3) is 0 Å². The van der Waals surface area contributed by atoms with Crippen LogP contribution in [0.25, 0.3) is 0 Å². The van der Waals surface area contributed by atoms with Gasteiger partial charge >= 0.3 is 6.03 Å². The van der Waals surface area contributed by atoms with Crippen LogP contribution in [0.15, 0.2) is 48.5 Å². The van der Waals surface area contributed by atoms with E-state index >= 15 is 0 Å². The van der Waals surface area contributed by atoms with Crippen LogP contribution in [0.1, 0.15) is 24.1 Å². The number of anilines is 1. The number of carbonyl (C=O) groups is 1. The summed E-state index contributed by atoms with van der Waals surface area (Å²) in [4.78, 5) is 11.9. The van der Waals surface area contributed by atoms with Gasteiger partial charge in [0.2, 0.25) is 0 Å². The molecule has 0 saturated heterocycles. The van der Waals surface area contributed by atoms with E-state index in [1.807, 2.05) is 37.3 Å². The Morgan fingerprint density at radius 1 is 1.15 bits per heavy atom. The van der Waals surface area contributed by atoms with Crippen LogP contribution >= 0.6 is 0 Å². The third-order valence-corrected chi connectivity index (χ3v) is 3.08. The Kier molecular flexibility index (Phi) is 4.35. The predicted octanol–water partition coefficient (Wildman–Crippen LogP) is 4.02. The van der Waals surface area contributed by atoms with Gasteiger partial charge in [-0.1, -0.05) is 30.3 Å². The molecule has 2 aromatic rings. The zero-order valence-corrected chi connectivity index (χ0v) is 11.5. The molecule has 0 heterocycles. The molecule has 0 radical (unpaired) electrons. The van der Waals surface area contributed by atoms with E-state index in [-0.39, 0.29) is 17.9 Å². The maximum atomic E-state index is 13.0. The van der Waals surface area contributed by atoms with Gasteiger partial charge in [-0.15, -0.1) is 0 Å². The standard InChI is InChI=1S/C16H17FN2O/c1-11-10-14(17)8-9-15(11)19-16(20)18-12(2)13-6-4-3-5-7-13/h3-10,12H,1-2H3,(H2,18,19,20)/t12-/m0/s1. The Morgan fingerprint density at radius 2 is 1.85 bits per heavy atom. The molecule has 0 aliphatic rings. The summed E-state index contributed by atoms with van der Waals surface area (Å²) in [7, 11) is 0. The molecular formula is C16H17FN2O. The molecule has 104 valence electrons. The van der Waals surface area contributed by atoms with Gasteiger partial charge in [0.05, 0.1) is 6.04 Å². The van der Waals surface area contributed by atoms with Gasteiger partial charge in [-0.2, -0.15) is 0 Å². The van der Waals surface area contributed by atoms with E-state index in [4.69, 9.17) is 0 Å². The normalized spacial score (nSPS) is 11.8. The number of hydrogen-bond donors (Lipinski definition) is 2. The van der Waals surface area contributed by atoms with Crippen molar-refractivity contribution in [3.63, 3.8) is 0 Å². The number of rotatable bonds is 3. The van der Waals surface area contributed by atoms with E-state index in [1.165, 1.54) is 12.1 Å². The molecule has 0 bridgehead atoms. The number of urea groups is 1. The second-order valence-electron chi connectivity index (χ2n) is 4.69. The van der Waals surface area contributed by atoms with Crippen LogP contribution in [0, 0.1) is 12.7 Å². The average Bonchev–Trinajstić information content (AvgIpc) is 2.43. The van der Waals surface area contributed by atoms with Crippen molar-refractivity contribution in [3.8, 4) is 0 Å². The van der Waals surface area contributed by atoms with Crippen molar-refractivity contribution >= 4 is 11.7 Å². The maximum Gasteiger partial charge on any atom is 0.319 e. The van der Waals surface area contributed by atoms with Gasteiger partial charge in [-0.05, 0) is 43.2 Å². The first-order valence-corrected chi connectivity index (χ1v) is 6.45. The lowest BCUT2D eigenvalue weighted by Crippen LogP contribution is -2.31. The molecule has 2 N–H and O–H groups in total. The Hall–Kier alpha value is -2.36. The fourth-order valence-corrected chi connectivity index (χ4v) is 1.95. The Balaban J connectivity index is 1.99. The molecule has 0 aliphatic heterocycles. The maximum absolute atomic E-state index is 13.0. The number of carbonyl (C=O) groups excluding carboxylic acids is 1. The Bertz CT molecular complexity index is 599. The van der Waals surface area contributed by atoms with Crippen LogP contribution in [0.5, 0.6) is 0 Å². The van der Waals surface area contributed by atoms with Gasteiger partial charge in [-0.3, -0.25) is 0 Å². The van der Waals surface area contributed by atoms with Crippen molar-refractivity contribution in [1.29, 1.82) is 0 Å². The van der Waals surface area contributed by atoms with E-state index in [9.17, 15) is 9.18 Å². The minimum Gasteiger partial charge on any atom is -0.331 e. The van der Waals surface area contributed by atoms with Crippen molar-refractivity contribution < 1.29 is 9.18 Å². The van der Waals surface area contributed by atoms with E-state index in [1.54, 1.807) is 13.0 Å². The van der Waals surface area contributed by atoms with Gasteiger partial charge in [0.15, 0.2) is 0 Å². The Morgan fingerprint density at radius 3 is 2.50 bits per heavy atom. The van der Waals surface area contributed by atoms with Crippen molar-refractivity contribution in [3.05, 3.63) is 65.5 Å². The van der Waals surface area contributed by atoms with Crippen LogP contribution in [-0.4, -0.2) is 6.03 Å². The fourth-order valence-electron chi connectivity index (χ4n) is 1.95. The summed E-state index contributed by atoms with van der Waals surface area (Å²) < 4.78 is 13.0. The highest BCUT2D eigenvalue weighted by Gasteiger charge is 2.10. The molecule has 3 nitrogen and oxygen atoms in total. The van der Waals surface area contributed by atoms with Gasteiger partial charge in [-0.25, -0.2) is 9.18 Å². The smallest absolute Gasteiger partial charge is 0.319 e. The third kappa shape index (κ3) is 3.57. The minimum atomic E-state index is -0.314. The van der Waals surface area contributed by atoms with E-state index in [0.29, 0.717) is 11.3 Å². The lowest BCUT2D eigenvalue weighted by atomic mass is 10.1.